The van der Waals surface area contributed by atoms with Crippen LogP contribution in [0.5, 0.6) is 11.5 Å². The normalized spacial score (nSPS) is 18.1. The lowest BCUT2D eigenvalue weighted by molar-refractivity contribution is 0.1000. The highest BCUT2D eigenvalue weighted by atomic mass is 16.5. The van der Waals surface area contributed by atoms with Gasteiger partial charge in [-0.15, -0.1) is 0 Å². The molecule has 0 bridgehead atoms. The van der Waals surface area contributed by atoms with Crippen molar-refractivity contribution in [3.05, 3.63) is 58.1 Å². The Bertz CT molecular complexity index is 1030. The molecule has 2 aliphatic rings. The number of nitrogens with two attached hydrogens (primary N) is 1. The average Bonchev–Trinajstić information content (AvgIpc) is 2.96. The van der Waals surface area contributed by atoms with Gasteiger partial charge < -0.3 is 15.2 Å². The molecule has 2 aromatic carbocycles. The van der Waals surface area contributed by atoms with E-state index in [9.17, 15) is 4.79 Å². The van der Waals surface area contributed by atoms with Crippen LogP contribution in [0.1, 0.15) is 67.2 Å². The quantitative estimate of drug-likeness (QED) is 0.806. The summed E-state index contributed by atoms with van der Waals surface area (Å²) in [6.45, 7) is 11.2. The predicted octanol–water partition coefficient (Wildman–Crippen LogP) is 4.26. The van der Waals surface area contributed by atoms with Gasteiger partial charge in [0.25, 0.3) is 0 Å². The Morgan fingerprint density at radius 1 is 1.17 bits per heavy atom. The van der Waals surface area contributed by atoms with Crippen LogP contribution in [0.4, 0.5) is 0 Å². The van der Waals surface area contributed by atoms with E-state index in [2.05, 4.69) is 33.8 Å². The molecule has 30 heavy (non-hydrogen) atoms. The second-order valence-corrected chi connectivity index (χ2v) is 9.47. The van der Waals surface area contributed by atoms with Crippen molar-refractivity contribution in [2.45, 2.75) is 65.0 Å². The number of carbonyl (C=O) groups excluding carboxylic acids is 1. The summed E-state index contributed by atoms with van der Waals surface area (Å²) in [5.41, 5.74) is 11.3. The average molecular weight is 407 g/mol. The number of rotatable bonds is 5. The molecule has 158 valence electrons. The number of carbonyl (C=O) groups is 1. The van der Waals surface area contributed by atoms with Gasteiger partial charge in [0.2, 0.25) is 5.91 Å². The summed E-state index contributed by atoms with van der Waals surface area (Å²) in [7, 11) is 0. The van der Waals surface area contributed by atoms with Gasteiger partial charge in [0, 0.05) is 35.2 Å². The smallest absolute Gasteiger partial charge is 0.248 e. The van der Waals surface area contributed by atoms with Gasteiger partial charge in [-0.3, -0.25) is 9.79 Å². The number of primary amides is 1. The fourth-order valence-electron chi connectivity index (χ4n) is 4.57. The molecule has 0 radical (unpaired) electrons. The first kappa shape index (κ1) is 20.5. The maximum atomic E-state index is 11.4. The Morgan fingerprint density at radius 2 is 1.87 bits per heavy atom. The molecule has 0 saturated carbocycles. The molecule has 4 rings (SSSR count). The summed E-state index contributed by atoms with van der Waals surface area (Å²) < 4.78 is 12.3. The number of aliphatic imine (C=N–C) groups is 1. The summed E-state index contributed by atoms with van der Waals surface area (Å²) >= 11 is 0. The fraction of sp³-hybridized carbons (Fsp3) is 0.440. The second-order valence-electron chi connectivity index (χ2n) is 9.47. The minimum absolute atomic E-state index is 0.192. The van der Waals surface area contributed by atoms with E-state index in [1.54, 1.807) is 12.1 Å². The van der Waals surface area contributed by atoms with Gasteiger partial charge in [0.05, 0.1) is 12.1 Å². The van der Waals surface area contributed by atoms with Crippen molar-refractivity contribution in [1.82, 2.24) is 0 Å². The largest absolute Gasteiger partial charge is 0.490 e. The van der Waals surface area contributed by atoms with Gasteiger partial charge in [0.15, 0.2) is 11.5 Å². The summed E-state index contributed by atoms with van der Waals surface area (Å²) in [6.07, 6.45) is 2.38. The van der Waals surface area contributed by atoms with E-state index in [0.717, 1.165) is 35.6 Å². The third-order valence-electron chi connectivity index (χ3n) is 5.67. The number of benzene rings is 2. The van der Waals surface area contributed by atoms with Crippen molar-refractivity contribution in [2.24, 2.45) is 10.7 Å². The van der Waals surface area contributed by atoms with E-state index in [1.807, 2.05) is 19.1 Å². The monoisotopic (exact) mass is 406 g/mol. The lowest BCUT2D eigenvalue weighted by Gasteiger charge is -2.31. The van der Waals surface area contributed by atoms with E-state index >= 15 is 0 Å². The highest BCUT2D eigenvalue weighted by Crippen LogP contribution is 2.47. The maximum Gasteiger partial charge on any atom is 0.248 e. The molecule has 2 aromatic rings. The molecule has 5 heteroatoms. The molecule has 0 unspecified atom stereocenters. The van der Waals surface area contributed by atoms with E-state index < -0.39 is 5.91 Å². The van der Waals surface area contributed by atoms with E-state index in [0.29, 0.717) is 18.6 Å². The highest BCUT2D eigenvalue weighted by molar-refractivity contribution is 6.06. The molecule has 0 fully saturated rings. The van der Waals surface area contributed by atoms with Crippen LogP contribution in [-0.2, 0) is 19.3 Å². The van der Waals surface area contributed by atoms with Crippen LogP contribution in [0.2, 0.25) is 0 Å². The minimum Gasteiger partial charge on any atom is -0.490 e. The van der Waals surface area contributed by atoms with Crippen molar-refractivity contribution in [3.8, 4) is 11.5 Å². The van der Waals surface area contributed by atoms with Crippen LogP contribution in [0, 0.1) is 0 Å². The number of hydrogen-bond acceptors (Lipinski definition) is 4. The Hall–Kier alpha value is -2.82. The summed E-state index contributed by atoms with van der Waals surface area (Å²) in [5.74, 6) is 1.28. The molecule has 0 saturated heterocycles. The first-order valence-electron chi connectivity index (χ1n) is 10.6. The zero-order valence-corrected chi connectivity index (χ0v) is 18.5. The Balaban J connectivity index is 1.81. The van der Waals surface area contributed by atoms with Gasteiger partial charge in [-0.05, 0) is 70.4 Å². The number of fused-ring (bicyclic) bond motifs is 3. The molecule has 2 N–H and O–H groups in total. The van der Waals surface area contributed by atoms with Crippen LogP contribution in [0.15, 0.2) is 35.3 Å². The molecular weight excluding hydrogens is 376 g/mol. The molecule has 0 spiro atoms. The summed E-state index contributed by atoms with van der Waals surface area (Å²) in [5, 5.41) is 0. The van der Waals surface area contributed by atoms with E-state index in [1.165, 1.54) is 16.7 Å². The standard InChI is InChI=1S/C25H30N2O3/c1-6-29-20-12-17-13-24(2,3)27-19(11-15-7-9-16(10-8-15)23(26)28)21(17)18-14-25(4,5)30-22(18)20/h7-10,12H,6,11,13-14H2,1-5H3,(H2,26,28). The second kappa shape index (κ2) is 7.15. The van der Waals surface area contributed by atoms with Gasteiger partial charge in [-0.1, -0.05) is 12.1 Å². The number of amides is 1. The Kier molecular flexibility index (Phi) is 4.88. The van der Waals surface area contributed by atoms with Crippen LogP contribution in [0.25, 0.3) is 0 Å². The SMILES string of the molecule is CCOc1cc2c(c3c1OC(C)(C)C3)C(Cc1ccc(C(N)=O)cc1)=NC(C)(C)C2. The fourth-order valence-corrected chi connectivity index (χ4v) is 4.57. The lowest BCUT2D eigenvalue weighted by Crippen LogP contribution is -2.31. The van der Waals surface area contributed by atoms with Crippen LogP contribution >= 0.6 is 0 Å². The topological polar surface area (TPSA) is 73.9 Å². The third kappa shape index (κ3) is 3.81. The first-order chi connectivity index (χ1) is 14.1. The lowest BCUT2D eigenvalue weighted by atomic mass is 9.81. The van der Waals surface area contributed by atoms with Crippen molar-refractivity contribution < 1.29 is 14.3 Å². The number of ether oxygens (including phenoxy) is 2. The zero-order chi connectivity index (χ0) is 21.7. The predicted molar refractivity (Wildman–Crippen MR) is 119 cm³/mol. The number of hydrogen-bond donors (Lipinski definition) is 1. The van der Waals surface area contributed by atoms with Gasteiger partial charge in [-0.2, -0.15) is 0 Å². The summed E-state index contributed by atoms with van der Waals surface area (Å²) in [6, 6.07) is 9.62. The molecular formula is C25H30N2O3. The van der Waals surface area contributed by atoms with Crippen LogP contribution in [-0.4, -0.2) is 29.4 Å². The first-order valence-corrected chi connectivity index (χ1v) is 10.6. The maximum absolute atomic E-state index is 11.4. The van der Waals surface area contributed by atoms with Crippen LogP contribution < -0.4 is 15.2 Å². The van der Waals surface area contributed by atoms with Crippen molar-refractivity contribution in [2.75, 3.05) is 6.61 Å². The van der Waals surface area contributed by atoms with E-state index in [-0.39, 0.29) is 11.1 Å². The Labute approximate surface area is 178 Å². The minimum atomic E-state index is -0.413. The zero-order valence-electron chi connectivity index (χ0n) is 18.5. The summed E-state index contributed by atoms with van der Waals surface area (Å²) in [4.78, 5) is 16.5. The van der Waals surface area contributed by atoms with Gasteiger partial charge in [0.1, 0.15) is 5.60 Å². The molecule has 1 amide bonds. The van der Waals surface area contributed by atoms with Gasteiger partial charge in [-0.25, -0.2) is 0 Å². The van der Waals surface area contributed by atoms with Gasteiger partial charge >= 0.3 is 0 Å². The van der Waals surface area contributed by atoms with E-state index in [4.69, 9.17) is 20.2 Å². The van der Waals surface area contributed by atoms with Crippen molar-refractivity contribution >= 4 is 11.6 Å². The molecule has 0 atom stereocenters. The van der Waals surface area contributed by atoms with Crippen molar-refractivity contribution in [1.29, 1.82) is 0 Å². The van der Waals surface area contributed by atoms with Crippen molar-refractivity contribution in [3.63, 3.8) is 0 Å². The van der Waals surface area contributed by atoms with Crippen LogP contribution in [0.3, 0.4) is 0 Å². The molecule has 0 aromatic heterocycles. The number of nitrogens with zero attached hydrogens (tertiary/aromatic N) is 1. The molecule has 2 heterocycles. The highest BCUT2D eigenvalue weighted by Gasteiger charge is 2.39. The third-order valence-corrected chi connectivity index (χ3v) is 5.67. The Morgan fingerprint density at radius 3 is 2.50 bits per heavy atom. The molecule has 5 nitrogen and oxygen atoms in total. The molecule has 2 aliphatic heterocycles. The molecule has 0 aliphatic carbocycles.